The summed E-state index contributed by atoms with van der Waals surface area (Å²) in [6.07, 6.45) is 0. The van der Waals surface area contributed by atoms with E-state index in [0.717, 1.165) is 4.70 Å². The van der Waals surface area contributed by atoms with E-state index in [4.69, 9.17) is 9.15 Å². The van der Waals surface area contributed by atoms with Gasteiger partial charge < -0.3 is 19.4 Å². The Morgan fingerprint density at radius 2 is 1.88 bits per heavy atom. The van der Waals surface area contributed by atoms with Crippen molar-refractivity contribution in [1.82, 2.24) is 9.55 Å². The summed E-state index contributed by atoms with van der Waals surface area (Å²) in [5.41, 5.74) is 1.60. The minimum absolute atomic E-state index is 0.0557. The number of rotatable bonds is 5. The van der Waals surface area contributed by atoms with Crippen molar-refractivity contribution in [2.75, 3.05) is 7.11 Å². The fraction of sp³-hybridized carbons (Fsp3) is 0.0833. The number of aromatic nitrogens is 2. The summed E-state index contributed by atoms with van der Waals surface area (Å²) >= 11 is 1.30. The van der Waals surface area contributed by atoms with Crippen LogP contribution in [0.25, 0.3) is 26.6 Å². The number of benzene rings is 2. The molecule has 8 heteroatoms. The number of aromatic hydroxyl groups is 2. The highest BCUT2D eigenvalue weighted by Gasteiger charge is 2.32. The summed E-state index contributed by atoms with van der Waals surface area (Å²) in [4.78, 5) is 17.9. The third-order valence-corrected chi connectivity index (χ3v) is 6.14. The number of thiazole rings is 1. The lowest BCUT2D eigenvalue weighted by molar-refractivity contribution is 0.101. The summed E-state index contributed by atoms with van der Waals surface area (Å²) in [6.45, 7) is 1.73. The van der Waals surface area contributed by atoms with Crippen LogP contribution in [0.15, 0.2) is 65.1 Å². The van der Waals surface area contributed by atoms with Crippen molar-refractivity contribution < 1.29 is 24.2 Å². The summed E-state index contributed by atoms with van der Waals surface area (Å²) in [6, 6.07) is 17.7. The van der Waals surface area contributed by atoms with Gasteiger partial charge >= 0.3 is 0 Å². The Morgan fingerprint density at radius 3 is 2.56 bits per heavy atom. The van der Waals surface area contributed by atoms with Crippen molar-refractivity contribution >= 4 is 27.3 Å². The van der Waals surface area contributed by atoms with Crippen molar-refractivity contribution in [3.05, 3.63) is 77.7 Å². The van der Waals surface area contributed by atoms with Gasteiger partial charge in [-0.2, -0.15) is 0 Å². The molecule has 0 bridgehead atoms. The molecule has 0 amide bonds. The molecule has 0 aliphatic carbocycles. The molecule has 0 saturated carbocycles. The number of ketones is 1. The molecule has 5 aromatic rings. The largest absolute Gasteiger partial charge is 0.503 e. The quantitative estimate of drug-likeness (QED) is 0.355. The Labute approximate surface area is 186 Å². The zero-order valence-corrected chi connectivity index (χ0v) is 18.0. The van der Waals surface area contributed by atoms with Crippen LogP contribution in [0.3, 0.4) is 0 Å². The predicted octanol–water partition coefficient (Wildman–Crippen LogP) is 5.31. The molecule has 3 heterocycles. The van der Waals surface area contributed by atoms with Crippen LogP contribution < -0.4 is 4.74 Å². The Morgan fingerprint density at radius 1 is 1.09 bits per heavy atom. The molecule has 160 valence electrons. The van der Waals surface area contributed by atoms with E-state index in [1.54, 1.807) is 44.4 Å². The fourth-order valence-electron chi connectivity index (χ4n) is 3.61. The molecule has 3 aromatic heterocycles. The zero-order chi connectivity index (χ0) is 22.4. The van der Waals surface area contributed by atoms with Crippen molar-refractivity contribution in [2.45, 2.75) is 6.92 Å². The molecule has 0 radical (unpaired) electrons. The maximum Gasteiger partial charge on any atom is 0.242 e. The van der Waals surface area contributed by atoms with Gasteiger partial charge in [0.2, 0.25) is 11.7 Å². The van der Waals surface area contributed by atoms with Crippen LogP contribution >= 0.6 is 11.3 Å². The zero-order valence-electron chi connectivity index (χ0n) is 17.2. The molecule has 2 aromatic carbocycles. The minimum Gasteiger partial charge on any atom is -0.503 e. The van der Waals surface area contributed by atoms with Crippen LogP contribution in [0.4, 0.5) is 0 Å². The maximum absolute atomic E-state index is 13.3. The Hall–Kier alpha value is -4.04. The molecule has 0 unspecified atom stereocenters. The Kier molecular flexibility index (Phi) is 4.71. The Balaban J connectivity index is 1.79. The summed E-state index contributed by atoms with van der Waals surface area (Å²) in [5, 5.41) is 22.2. The first-order chi connectivity index (χ1) is 15.5. The number of hydrogen-bond acceptors (Lipinski definition) is 7. The van der Waals surface area contributed by atoms with Gasteiger partial charge in [0.1, 0.15) is 11.5 Å². The third-order valence-electron chi connectivity index (χ3n) is 5.13. The Bertz CT molecular complexity index is 1460. The number of methoxy groups -OCH3 is 1. The highest BCUT2D eigenvalue weighted by molar-refractivity contribution is 7.20. The molecular formula is C24H18N2O5S. The van der Waals surface area contributed by atoms with Gasteiger partial charge in [-0.05, 0) is 42.8 Å². The average molecular weight is 446 g/mol. The van der Waals surface area contributed by atoms with Crippen LogP contribution in [-0.2, 0) is 0 Å². The van der Waals surface area contributed by atoms with Gasteiger partial charge in [0.15, 0.2) is 16.6 Å². The molecule has 7 nitrogen and oxygen atoms in total. The van der Waals surface area contributed by atoms with Crippen LogP contribution in [0, 0.1) is 6.92 Å². The normalized spacial score (nSPS) is 11.2. The number of carbonyl (C=O) groups excluding carboxylic acids is 1. The number of aryl methyl sites for hydroxylation is 1. The second-order valence-electron chi connectivity index (χ2n) is 7.17. The van der Waals surface area contributed by atoms with E-state index in [0.29, 0.717) is 33.4 Å². The molecular weight excluding hydrogens is 428 g/mol. The van der Waals surface area contributed by atoms with Crippen LogP contribution in [0.1, 0.15) is 21.9 Å². The van der Waals surface area contributed by atoms with Crippen molar-refractivity contribution in [3.63, 3.8) is 0 Å². The summed E-state index contributed by atoms with van der Waals surface area (Å²) < 4.78 is 13.0. The number of furan rings is 1. The topological polar surface area (TPSA) is 97.7 Å². The third kappa shape index (κ3) is 3.12. The number of nitrogens with zero attached hydrogens (tertiary/aromatic N) is 2. The molecule has 32 heavy (non-hydrogen) atoms. The minimum atomic E-state index is -0.536. The first-order valence-electron chi connectivity index (χ1n) is 9.76. The van der Waals surface area contributed by atoms with Gasteiger partial charge in [0, 0.05) is 0 Å². The van der Waals surface area contributed by atoms with E-state index in [-0.39, 0.29) is 11.3 Å². The van der Waals surface area contributed by atoms with Gasteiger partial charge in [-0.15, -0.1) is 0 Å². The lowest BCUT2D eigenvalue weighted by atomic mass is 10.0. The fourth-order valence-corrected chi connectivity index (χ4v) is 4.62. The molecule has 2 N–H and O–H groups in total. The first kappa shape index (κ1) is 19.9. The second kappa shape index (κ2) is 7.58. The lowest BCUT2D eigenvalue weighted by Gasteiger charge is -2.08. The lowest BCUT2D eigenvalue weighted by Crippen LogP contribution is -2.04. The maximum atomic E-state index is 13.3. The van der Waals surface area contributed by atoms with Crippen LogP contribution in [-0.4, -0.2) is 32.7 Å². The van der Waals surface area contributed by atoms with E-state index in [9.17, 15) is 15.0 Å². The number of carbonyl (C=O) groups is 1. The molecule has 5 rings (SSSR count). The standard InChI is InChI=1S/C24H18N2O5S/c1-13-8-11-17(31-13)21(27)19-20(14-6-4-3-5-7-14)26(23(29)22(19)28)24-25-16-10-9-15(30-2)12-18(16)32-24/h3-12,28-29H,1-2H3. The molecule has 0 spiro atoms. The smallest absolute Gasteiger partial charge is 0.242 e. The van der Waals surface area contributed by atoms with Crippen LogP contribution in [0.2, 0.25) is 0 Å². The monoisotopic (exact) mass is 446 g/mol. The summed E-state index contributed by atoms with van der Waals surface area (Å²) in [5.74, 6) is -0.216. The SMILES string of the molecule is COc1ccc2nc(-n3c(O)c(O)c(C(=O)c4ccc(C)o4)c3-c3ccccc3)sc2c1. The van der Waals surface area contributed by atoms with E-state index < -0.39 is 17.4 Å². The molecule has 0 aliphatic rings. The van der Waals surface area contributed by atoms with E-state index in [1.165, 1.54) is 15.9 Å². The number of fused-ring (bicyclic) bond motifs is 1. The predicted molar refractivity (Wildman–Crippen MR) is 121 cm³/mol. The van der Waals surface area contributed by atoms with Gasteiger partial charge in [0.05, 0.1) is 28.6 Å². The molecule has 0 saturated heterocycles. The number of hydrogen-bond donors (Lipinski definition) is 2. The van der Waals surface area contributed by atoms with Gasteiger partial charge in [-0.3, -0.25) is 9.36 Å². The van der Waals surface area contributed by atoms with Gasteiger partial charge in [-0.25, -0.2) is 4.98 Å². The first-order valence-corrected chi connectivity index (χ1v) is 10.6. The average Bonchev–Trinajstić information content (AvgIpc) is 3.49. The van der Waals surface area contributed by atoms with Crippen molar-refractivity contribution in [3.8, 4) is 33.8 Å². The second-order valence-corrected chi connectivity index (χ2v) is 8.18. The highest BCUT2D eigenvalue weighted by Crippen LogP contribution is 2.45. The van der Waals surface area contributed by atoms with Gasteiger partial charge in [0.25, 0.3) is 0 Å². The van der Waals surface area contributed by atoms with E-state index >= 15 is 0 Å². The highest BCUT2D eigenvalue weighted by atomic mass is 32.1. The number of ether oxygens (including phenoxy) is 1. The molecule has 0 fully saturated rings. The van der Waals surface area contributed by atoms with E-state index in [1.807, 2.05) is 30.3 Å². The summed E-state index contributed by atoms with van der Waals surface area (Å²) in [7, 11) is 1.58. The van der Waals surface area contributed by atoms with Gasteiger partial charge in [-0.1, -0.05) is 41.7 Å². The molecule has 0 atom stereocenters. The van der Waals surface area contributed by atoms with Crippen molar-refractivity contribution in [1.29, 1.82) is 0 Å². The van der Waals surface area contributed by atoms with E-state index in [2.05, 4.69) is 4.98 Å². The van der Waals surface area contributed by atoms with Crippen molar-refractivity contribution in [2.24, 2.45) is 0 Å². The molecule has 0 aliphatic heterocycles. The van der Waals surface area contributed by atoms with Crippen LogP contribution in [0.5, 0.6) is 17.4 Å².